The van der Waals surface area contributed by atoms with Crippen molar-refractivity contribution >= 4 is 27.5 Å². The summed E-state index contributed by atoms with van der Waals surface area (Å²) in [5, 5.41) is 0.798. The zero-order valence-electron chi connectivity index (χ0n) is 17.5. The van der Waals surface area contributed by atoms with E-state index in [1.807, 2.05) is 73.7 Å². The first-order chi connectivity index (χ1) is 15.2. The normalized spacial score (nSPS) is 11.8. The number of rotatable bonds is 8. The third-order valence-electron chi connectivity index (χ3n) is 5.34. The van der Waals surface area contributed by atoms with Gasteiger partial charge in [-0.1, -0.05) is 84.9 Å². The maximum absolute atomic E-state index is 13.7. The van der Waals surface area contributed by atoms with Crippen LogP contribution >= 0.6 is 11.3 Å². The van der Waals surface area contributed by atoms with Gasteiger partial charge in [0, 0.05) is 0 Å². The average molecular weight is 428 g/mol. The lowest BCUT2D eigenvalue weighted by atomic mass is 9.76. The molecule has 0 amide bonds. The van der Waals surface area contributed by atoms with Gasteiger partial charge in [-0.15, -0.1) is 11.3 Å². The number of hydrogen-bond donors (Lipinski definition) is 0. The number of benzene rings is 3. The predicted octanol–water partition coefficient (Wildman–Crippen LogP) is 6.14. The van der Waals surface area contributed by atoms with Gasteiger partial charge >= 0.3 is 5.97 Å². The highest BCUT2D eigenvalue weighted by Gasteiger charge is 2.45. The van der Waals surface area contributed by atoms with Crippen molar-refractivity contribution in [2.75, 3.05) is 6.61 Å². The van der Waals surface area contributed by atoms with Crippen LogP contribution in [0, 0.1) is 0 Å². The van der Waals surface area contributed by atoms with E-state index in [1.54, 1.807) is 11.3 Å². The maximum Gasteiger partial charge on any atom is 0.320 e. The number of fused-ring (bicyclic) bond motifs is 1. The van der Waals surface area contributed by atoms with Crippen LogP contribution in [-0.4, -0.2) is 17.6 Å². The van der Waals surface area contributed by atoms with Crippen LogP contribution < -0.4 is 0 Å². The quantitative estimate of drug-likeness (QED) is 0.250. The molecule has 0 aliphatic heterocycles. The van der Waals surface area contributed by atoms with Gasteiger partial charge in [-0.3, -0.25) is 4.79 Å². The van der Waals surface area contributed by atoms with Crippen LogP contribution in [0.1, 0.15) is 23.1 Å². The number of nitrogens with zero attached hydrogens (tertiary/aromatic N) is 1. The molecule has 3 nitrogen and oxygen atoms in total. The summed E-state index contributed by atoms with van der Waals surface area (Å²) in [6.07, 6.45) is 4.79. The Hall–Kier alpha value is -3.24. The van der Waals surface area contributed by atoms with Crippen molar-refractivity contribution in [2.24, 2.45) is 0 Å². The van der Waals surface area contributed by atoms with Crippen molar-refractivity contribution in [3.05, 3.63) is 113 Å². The van der Waals surface area contributed by atoms with Crippen molar-refractivity contribution in [1.82, 2.24) is 4.98 Å². The molecule has 0 saturated heterocycles. The van der Waals surface area contributed by atoms with Crippen LogP contribution in [0.15, 0.2) is 97.1 Å². The molecule has 0 bridgehead atoms. The van der Waals surface area contributed by atoms with Crippen molar-refractivity contribution in [1.29, 1.82) is 0 Å². The Morgan fingerprint density at radius 1 is 0.903 bits per heavy atom. The predicted molar refractivity (Wildman–Crippen MR) is 127 cm³/mol. The van der Waals surface area contributed by atoms with Crippen LogP contribution in [0.2, 0.25) is 0 Å². The molecular formula is C27H25NO2S. The molecule has 0 N–H and O–H groups in total. The highest BCUT2D eigenvalue weighted by atomic mass is 32.1. The fourth-order valence-corrected chi connectivity index (χ4v) is 4.91. The zero-order chi connectivity index (χ0) is 21.5. The van der Waals surface area contributed by atoms with Crippen LogP contribution in [-0.2, 0) is 27.8 Å². The van der Waals surface area contributed by atoms with Gasteiger partial charge in [0.25, 0.3) is 0 Å². The maximum atomic E-state index is 13.7. The molecule has 0 fully saturated rings. The Morgan fingerprint density at radius 3 is 2.06 bits per heavy atom. The fraction of sp³-hybridized carbons (Fsp3) is 0.185. The van der Waals surface area contributed by atoms with Gasteiger partial charge in [0.05, 0.1) is 10.2 Å². The summed E-state index contributed by atoms with van der Waals surface area (Å²) in [4.78, 5) is 18.7. The average Bonchev–Trinajstić information content (AvgIpc) is 3.25. The summed E-state index contributed by atoms with van der Waals surface area (Å²) in [6, 6.07) is 28.3. The van der Waals surface area contributed by atoms with Crippen molar-refractivity contribution in [3.8, 4) is 0 Å². The van der Waals surface area contributed by atoms with Gasteiger partial charge in [-0.2, -0.15) is 0 Å². The summed E-state index contributed by atoms with van der Waals surface area (Å²) < 4.78 is 6.86. The first kappa shape index (κ1) is 21.0. The molecule has 4 rings (SSSR count). The minimum Gasteiger partial charge on any atom is -0.461 e. The molecule has 0 spiro atoms. The topological polar surface area (TPSA) is 39.2 Å². The van der Waals surface area contributed by atoms with E-state index in [1.165, 1.54) is 0 Å². The molecule has 3 aromatic carbocycles. The number of esters is 1. The van der Waals surface area contributed by atoms with E-state index >= 15 is 0 Å². The lowest BCUT2D eigenvalue weighted by molar-refractivity contribution is -0.149. The van der Waals surface area contributed by atoms with E-state index in [0.29, 0.717) is 12.8 Å². The zero-order valence-corrected chi connectivity index (χ0v) is 18.3. The van der Waals surface area contributed by atoms with Crippen LogP contribution in [0.25, 0.3) is 10.2 Å². The Labute approximate surface area is 187 Å². The Balaban J connectivity index is 1.86. The molecule has 0 aliphatic carbocycles. The van der Waals surface area contributed by atoms with Crippen LogP contribution in [0.5, 0.6) is 0 Å². The van der Waals surface area contributed by atoms with Gasteiger partial charge in [0.15, 0.2) is 0 Å². The number of para-hydroxylation sites is 1. The number of carbonyl (C=O) groups excluding carboxylic acids is 1. The summed E-state index contributed by atoms with van der Waals surface area (Å²) in [5.74, 6) is -0.239. The second-order valence-corrected chi connectivity index (χ2v) is 8.59. The van der Waals surface area contributed by atoms with Gasteiger partial charge in [-0.05, 0) is 43.0 Å². The monoisotopic (exact) mass is 427 g/mol. The standard InChI is InChI=1S/C27H25NO2S/c1-2-3-18-30-26(29)27(19-21-12-6-4-7-13-21,20-22-14-8-5-9-15-22)25-28-23-16-10-11-17-24(23)31-25/h2-17H,18-20H2,1H3/b3-2+. The molecule has 1 heterocycles. The highest BCUT2D eigenvalue weighted by Crippen LogP contribution is 2.38. The molecule has 0 radical (unpaired) electrons. The second-order valence-electron chi connectivity index (χ2n) is 7.56. The lowest BCUT2D eigenvalue weighted by Crippen LogP contribution is -2.42. The van der Waals surface area contributed by atoms with E-state index in [9.17, 15) is 4.79 Å². The highest BCUT2D eigenvalue weighted by molar-refractivity contribution is 7.18. The Morgan fingerprint density at radius 2 is 1.48 bits per heavy atom. The van der Waals surface area contributed by atoms with Crippen LogP contribution in [0.4, 0.5) is 0 Å². The molecular weight excluding hydrogens is 402 g/mol. The molecule has 4 heteroatoms. The molecule has 4 aromatic rings. The fourth-order valence-electron chi connectivity index (χ4n) is 3.77. The first-order valence-corrected chi connectivity index (χ1v) is 11.3. The Kier molecular flexibility index (Phi) is 6.58. The van der Waals surface area contributed by atoms with Crippen molar-refractivity contribution in [3.63, 3.8) is 0 Å². The number of aromatic nitrogens is 1. The third kappa shape index (κ3) is 4.75. The summed E-state index contributed by atoms with van der Waals surface area (Å²) in [5.41, 5.74) is 2.17. The molecule has 156 valence electrons. The second kappa shape index (κ2) is 9.71. The first-order valence-electron chi connectivity index (χ1n) is 10.4. The summed E-state index contributed by atoms with van der Waals surface area (Å²) in [7, 11) is 0. The van der Waals surface area contributed by atoms with E-state index in [2.05, 4.69) is 30.3 Å². The Bertz CT molecular complexity index is 1090. The molecule has 0 unspecified atom stereocenters. The molecule has 1 aromatic heterocycles. The molecule has 0 aliphatic rings. The van der Waals surface area contributed by atoms with Crippen molar-refractivity contribution < 1.29 is 9.53 Å². The number of hydrogen-bond acceptors (Lipinski definition) is 4. The number of allylic oxidation sites excluding steroid dienone is 1. The van der Waals surface area contributed by atoms with Crippen molar-refractivity contribution in [2.45, 2.75) is 25.2 Å². The third-order valence-corrected chi connectivity index (χ3v) is 6.58. The van der Waals surface area contributed by atoms with Gasteiger partial charge in [-0.25, -0.2) is 4.98 Å². The summed E-state index contributed by atoms with van der Waals surface area (Å²) in [6.45, 7) is 2.17. The lowest BCUT2D eigenvalue weighted by Gasteiger charge is -2.30. The van der Waals surface area contributed by atoms with E-state index in [0.717, 1.165) is 26.4 Å². The minimum absolute atomic E-state index is 0.239. The van der Waals surface area contributed by atoms with Gasteiger partial charge in [0.2, 0.25) is 0 Å². The van der Waals surface area contributed by atoms with E-state index < -0.39 is 5.41 Å². The van der Waals surface area contributed by atoms with E-state index in [-0.39, 0.29) is 12.6 Å². The number of carbonyl (C=O) groups is 1. The van der Waals surface area contributed by atoms with Gasteiger partial charge < -0.3 is 4.74 Å². The molecule has 31 heavy (non-hydrogen) atoms. The smallest absolute Gasteiger partial charge is 0.320 e. The largest absolute Gasteiger partial charge is 0.461 e. The van der Waals surface area contributed by atoms with E-state index in [4.69, 9.17) is 9.72 Å². The number of ether oxygens (including phenoxy) is 1. The van der Waals surface area contributed by atoms with Crippen LogP contribution in [0.3, 0.4) is 0 Å². The molecule has 0 saturated carbocycles. The SMILES string of the molecule is C/C=C/COC(=O)C(Cc1ccccc1)(Cc1ccccc1)c1nc2ccccc2s1. The number of thiazole rings is 1. The minimum atomic E-state index is -0.909. The van der Waals surface area contributed by atoms with Gasteiger partial charge in [0.1, 0.15) is 17.0 Å². The summed E-state index contributed by atoms with van der Waals surface area (Å²) >= 11 is 1.58. The molecule has 0 atom stereocenters.